The molecular weight excluding hydrogens is 398 g/mol. The van der Waals surface area contributed by atoms with Gasteiger partial charge in [0.2, 0.25) is 0 Å². The first-order chi connectivity index (χ1) is 12.5. The number of alkyl halides is 4. The van der Waals surface area contributed by atoms with Crippen LogP contribution in [0.1, 0.15) is 18.4 Å². The lowest BCUT2D eigenvalue weighted by molar-refractivity contribution is -0.166. The van der Waals surface area contributed by atoms with Crippen molar-refractivity contribution < 1.29 is 44.5 Å². The maximum absolute atomic E-state index is 13.9. The monoisotopic (exact) mass is 415 g/mol. The molecule has 0 aliphatic carbocycles. The first-order valence-corrected chi connectivity index (χ1v) is 8.80. The summed E-state index contributed by atoms with van der Waals surface area (Å²) >= 11 is 0. The van der Waals surface area contributed by atoms with Gasteiger partial charge in [0, 0.05) is 25.7 Å². The molecule has 0 atom stereocenters. The predicted octanol–water partition coefficient (Wildman–Crippen LogP) is 2.56. The number of halogens is 4. The van der Waals surface area contributed by atoms with Crippen LogP contribution in [-0.4, -0.2) is 52.1 Å². The second-order valence-corrected chi connectivity index (χ2v) is 6.71. The number of oxime groups is 1. The van der Waals surface area contributed by atoms with Crippen LogP contribution in [0.25, 0.3) is 0 Å². The molecule has 0 amide bonds. The largest absolute Gasteiger partial charge is 0.464 e. The van der Waals surface area contributed by atoms with Crippen LogP contribution in [0.15, 0.2) is 35.5 Å². The average molecular weight is 415 g/mol. The molecule has 0 spiro atoms. The number of hydrogen-bond donors (Lipinski definition) is 0. The van der Waals surface area contributed by atoms with Crippen molar-refractivity contribution in [2.75, 3.05) is 20.8 Å². The van der Waals surface area contributed by atoms with Crippen molar-refractivity contribution in [2.45, 2.75) is 24.0 Å². The molecule has 152 valence electrons. The van der Waals surface area contributed by atoms with Crippen LogP contribution < -0.4 is 0 Å². The topological polar surface area (TPSA) is 91.3 Å². The summed E-state index contributed by atoms with van der Waals surface area (Å²) in [6.07, 6.45) is -1.99. The predicted molar refractivity (Wildman–Crippen MR) is 86.0 cm³/mol. The van der Waals surface area contributed by atoms with Gasteiger partial charge >= 0.3 is 27.3 Å². The number of esters is 1. The van der Waals surface area contributed by atoms with Crippen LogP contribution in [0, 0.1) is 0 Å². The Morgan fingerprint density at radius 1 is 1.11 bits per heavy atom. The zero-order valence-corrected chi connectivity index (χ0v) is 15.1. The summed E-state index contributed by atoms with van der Waals surface area (Å²) < 4.78 is 90.9. The molecule has 1 aromatic carbocycles. The van der Waals surface area contributed by atoms with Crippen LogP contribution >= 0.6 is 0 Å². The summed E-state index contributed by atoms with van der Waals surface area (Å²) in [4.78, 5) is 11.7. The number of rotatable bonds is 10. The number of nitrogens with zero attached hydrogens (tertiary/aromatic N) is 1. The Morgan fingerprint density at radius 2 is 1.70 bits per heavy atom. The Morgan fingerprint density at radius 3 is 2.22 bits per heavy atom. The summed E-state index contributed by atoms with van der Waals surface area (Å²) in [6.45, 7) is -0.273. The highest BCUT2D eigenvalue weighted by molar-refractivity contribution is 7.87. The quantitative estimate of drug-likeness (QED) is 0.192. The molecular formula is C15H17F4NO6S. The van der Waals surface area contributed by atoms with Crippen LogP contribution in [0.3, 0.4) is 0 Å². The lowest BCUT2D eigenvalue weighted by atomic mass is 10.1. The van der Waals surface area contributed by atoms with E-state index in [1.54, 1.807) is 6.07 Å². The van der Waals surface area contributed by atoms with Gasteiger partial charge in [-0.3, -0.25) is 4.28 Å². The van der Waals surface area contributed by atoms with E-state index in [2.05, 4.69) is 18.9 Å². The van der Waals surface area contributed by atoms with Gasteiger partial charge in [-0.15, -0.1) is 0 Å². The first-order valence-electron chi connectivity index (χ1n) is 7.39. The molecule has 0 radical (unpaired) electrons. The van der Waals surface area contributed by atoms with Crippen molar-refractivity contribution in [2.24, 2.45) is 5.16 Å². The lowest BCUT2D eigenvalue weighted by Crippen LogP contribution is -2.47. The zero-order valence-electron chi connectivity index (χ0n) is 14.3. The second-order valence-electron chi connectivity index (χ2n) is 5.14. The number of benzene rings is 1. The second kappa shape index (κ2) is 9.13. The molecule has 1 rings (SSSR count). The molecule has 0 aromatic heterocycles. The van der Waals surface area contributed by atoms with Crippen molar-refractivity contribution >= 4 is 21.8 Å². The summed E-state index contributed by atoms with van der Waals surface area (Å²) in [5, 5.41) is -2.76. The highest BCUT2D eigenvalue weighted by Gasteiger charge is 2.67. The van der Waals surface area contributed by atoms with Gasteiger partial charge in [-0.05, 0) is 6.42 Å². The van der Waals surface area contributed by atoms with Gasteiger partial charge in [-0.25, -0.2) is 4.79 Å². The van der Waals surface area contributed by atoms with E-state index in [0.29, 0.717) is 0 Å². The average Bonchev–Trinajstić information content (AvgIpc) is 2.62. The zero-order chi connectivity index (χ0) is 20.7. The normalized spacial score (nSPS) is 13.3. The molecule has 0 bridgehead atoms. The molecule has 27 heavy (non-hydrogen) atoms. The molecule has 0 unspecified atom stereocenters. The van der Waals surface area contributed by atoms with E-state index in [1.807, 2.05) is 0 Å². The molecule has 7 nitrogen and oxygen atoms in total. The molecule has 0 heterocycles. The van der Waals surface area contributed by atoms with Crippen molar-refractivity contribution in [3.63, 3.8) is 0 Å². The van der Waals surface area contributed by atoms with Gasteiger partial charge in [0.25, 0.3) is 0 Å². The smallest absolute Gasteiger partial charge is 0.444 e. The minimum atomic E-state index is -6.22. The number of carbonyl (C=O) groups excluding carboxylic acids is 1. The van der Waals surface area contributed by atoms with Crippen LogP contribution in [0.5, 0.6) is 0 Å². The van der Waals surface area contributed by atoms with Crippen molar-refractivity contribution in [1.82, 2.24) is 0 Å². The number of hydrogen-bond acceptors (Lipinski definition) is 7. The maximum atomic E-state index is 13.9. The molecule has 0 N–H and O–H groups in total. The first kappa shape index (κ1) is 22.8. The highest BCUT2D eigenvalue weighted by Crippen LogP contribution is 2.42. The van der Waals surface area contributed by atoms with Gasteiger partial charge in [0.15, 0.2) is 5.71 Å². The fraction of sp³-hybridized carbons (Fsp3) is 0.467. The number of methoxy groups -OCH3 is 2. The maximum Gasteiger partial charge on any atom is 0.444 e. The summed E-state index contributed by atoms with van der Waals surface area (Å²) in [5.74, 6) is -6.16. The van der Waals surface area contributed by atoms with Crippen LogP contribution in [0.4, 0.5) is 17.6 Å². The lowest BCUT2D eigenvalue weighted by Gasteiger charge is -2.24. The summed E-state index contributed by atoms with van der Waals surface area (Å²) in [5.41, 5.74) is -0.824. The van der Waals surface area contributed by atoms with Crippen LogP contribution in [-0.2, 0) is 28.7 Å². The SMILES string of the molecule is COCCCC(F)(F)C(F)(F)S(=O)(=O)O/N=C(\C(=O)OC)c1ccccc1. The molecule has 0 aliphatic heterocycles. The van der Waals surface area contributed by atoms with Gasteiger partial charge in [0.1, 0.15) is 0 Å². The standard InChI is InChI=1S/C15H17F4NO6S/c1-24-10-6-9-14(16,17)15(18,19)27(22,23)26-20-12(13(21)25-2)11-7-4-3-5-8-11/h3-5,7-8H,6,9-10H2,1-2H3/b20-12-. The van der Waals surface area contributed by atoms with Crippen molar-refractivity contribution in [3.8, 4) is 0 Å². The van der Waals surface area contributed by atoms with E-state index < -0.39 is 45.8 Å². The Kier molecular flexibility index (Phi) is 7.72. The molecule has 12 heteroatoms. The fourth-order valence-electron chi connectivity index (χ4n) is 1.80. The minimum Gasteiger partial charge on any atom is -0.464 e. The van der Waals surface area contributed by atoms with Gasteiger partial charge in [0.05, 0.1) is 7.11 Å². The summed E-state index contributed by atoms with van der Waals surface area (Å²) in [6, 6.07) is 6.97. The van der Waals surface area contributed by atoms with Gasteiger partial charge < -0.3 is 9.47 Å². The van der Waals surface area contributed by atoms with E-state index in [4.69, 9.17) is 0 Å². The molecule has 0 fully saturated rings. The number of ether oxygens (including phenoxy) is 2. The summed E-state index contributed by atoms with van der Waals surface area (Å²) in [7, 11) is -4.12. The third-order valence-corrected chi connectivity index (χ3v) is 4.43. The molecule has 1 aromatic rings. The Labute approximate surface area is 153 Å². The van der Waals surface area contributed by atoms with E-state index in [9.17, 15) is 30.8 Å². The fourth-order valence-corrected chi connectivity index (χ4v) is 2.53. The van der Waals surface area contributed by atoms with Gasteiger partial charge in [-0.1, -0.05) is 35.5 Å². The van der Waals surface area contributed by atoms with E-state index in [-0.39, 0.29) is 12.2 Å². The number of carbonyl (C=O) groups is 1. The van der Waals surface area contributed by atoms with E-state index >= 15 is 0 Å². The molecule has 0 saturated carbocycles. The molecule has 0 saturated heterocycles. The van der Waals surface area contributed by atoms with Gasteiger partial charge in [-0.2, -0.15) is 26.0 Å². The Bertz CT molecular complexity index is 768. The Balaban J connectivity index is 3.15. The van der Waals surface area contributed by atoms with E-state index in [0.717, 1.165) is 7.11 Å². The van der Waals surface area contributed by atoms with Crippen molar-refractivity contribution in [3.05, 3.63) is 35.9 Å². The third-order valence-electron chi connectivity index (χ3n) is 3.23. The Hall–Kier alpha value is -2.21. The minimum absolute atomic E-state index is 0.0327. The molecule has 0 aliphatic rings. The van der Waals surface area contributed by atoms with Crippen LogP contribution in [0.2, 0.25) is 0 Å². The van der Waals surface area contributed by atoms with E-state index in [1.165, 1.54) is 31.4 Å². The van der Waals surface area contributed by atoms with Crippen molar-refractivity contribution in [1.29, 1.82) is 0 Å². The third kappa shape index (κ3) is 5.39. The highest BCUT2D eigenvalue weighted by atomic mass is 32.2.